The number of nitrogens with one attached hydrogen (secondary N) is 1. The van der Waals surface area contributed by atoms with Gasteiger partial charge in [0.1, 0.15) is 12.4 Å². The molecular formula is C21H25N5O5S. The number of fused-ring (bicyclic) bond motifs is 1. The van der Waals surface area contributed by atoms with E-state index in [1.165, 1.54) is 32.3 Å². The third-order valence-electron chi connectivity index (χ3n) is 4.75. The number of primary amides is 1. The number of esters is 1. The van der Waals surface area contributed by atoms with Crippen molar-refractivity contribution in [1.82, 2.24) is 13.9 Å². The van der Waals surface area contributed by atoms with Gasteiger partial charge in [-0.1, -0.05) is 6.92 Å². The van der Waals surface area contributed by atoms with Crippen LogP contribution in [0.4, 0.5) is 10.5 Å². The lowest BCUT2D eigenvalue weighted by Gasteiger charge is -2.11. The normalized spacial score (nSPS) is 11.6. The maximum absolute atomic E-state index is 12.4. The van der Waals surface area contributed by atoms with Crippen molar-refractivity contribution in [2.75, 3.05) is 19.4 Å². The van der Waals surface area contributed by atoms with E-state index in [-0.39, 0.29) is 11.5 Å². The number of nitrogens with two attached hydrogens (primary N) is 1. The van der Waals surface area contributed by atoms with Crippen molar-refractivity contribution in [2.24, 2.45) is 5.73 Å². The zero-order chi connectivity index (χ0) is 23.5. The summed E-state index contributed by atoms with van der Waals surface area (Å²) in [5.74, 6) is -0.0387. The SMILES string of the molecule is CCCn1c(COC(=O)c2ccc(NC(N)=O)cc2)nc2cc(S(=O)(=O)N(C)C)ccc21. The number of hydrogen-bond acceptors (Lipinski definition) is 6. The quantitative estimate of drug-likeness (QED) is 0.497. The lowest BCUT2D eigenvalue weighted by Crippen LogP contribution is -2.22. The number of amides is 2. The molecule has 3 N–H and O–H groups in total. The molecule has 1 aromatic heterocycles. The van der Waals surface area contributed by atoms with Gasteiger partial charge in [-0.2, -0.15) is 0 Å². The molecule has 3 rings (SSSR count). The minimum atomic E-state index is -3.59. The highest BCUT2D eigenvalue weighted by atomic mass is 32.2. The molecule has 0 atom stereocenters. The van der Waals surface area contributed by atoms with Gasteiger partial charge in [-0.3, -0.25) is 0 Å². The highest BCUT2D eigenvalue weighted by Gasteiger charge is 2.20. The summed E-state index contributed by atoms with van der Waals surface area (Å²) in [6, 6.07) is 10.2. The van der Waals surface area contributed by atoms with Crippen molar-refractivity contribution in [3.05, 3.63) is 53.9 Å². The van der Waals surface area contributed by atoms with Crippen molar-refractivity contribution in [1.29, 1.82) is 0 Å². The Kier molecular flexibility index (Phi) is 6.80. The Balaban J connectivity index is 1.83. The fraction of sp³-hybridized carbons (Fsp3) is 0.286. The number of hydrogen-bond donors (Lipinski definition) is 2. The maximum atomic E-state index is 12.4. The van der Waals surface area contributed by atoms with Crippen LogP contribution in [0.3, 0.4) is 0 Å². The Morgan fingerprint density at radius 3 is 2.44 bits per heavy atom. The Morgan fingerprint density at radius 2 is 1.84 bits per heavy atom. The molecule has 170 valence electrons. The van der Waals surface area contributed by atoms with E-state index < -0.39 is 22.0 Å². The summed E-state index contributed by atoms with van der Waals surface area (Å²) in [6.07, 6.45) is 0.818. The molecule has 10 nitrogen and oxygen atoms in total. The van der Waals surface area contributed by atoms with Crippen molar-refractivity contribution in [2.45, 2.75) is 31.4 Å². The van der Waals surface area contributed by atoms with Crippen LogP contribution in [0.1, 0.15) is 29.5 Å². The van der Waals surface area contributed by atoms with Crippen LogP contribution < -0.4 is 11.1 Å². The van der Waals surface area contributed by atoms with Gasteiger partial charge in [0, 0.05) is 26.3 Å². The molecule has 0 aliphatic rings. The van der Waals surface area contributed by atoms with E-state index in [4.69, 9.17) is 10.5 Å². The van der Waals surface area contributed by atoms with Crippen LogP contribution in [0.25, 0.3) is 11.0 Å². The Bertz CT molecular complexity index is 1250. The summed E-state index contributed by atoms with van der Waals surface area (Å²) in [5.41, 5.74) is 7.10. The molecule has 0 radical (unpaired) electrons. The first-order valence-electron chi connectivity index (χ1n) is 9.88. The second-order valence-corrected chi connectivity index (χ2v) is 9.41. The predicted octanol–water partition coefficient (Wildman–Crippen LogP) is 2.54. The molecule has 11 heteroatoms. The number of anilines is 1. The molecule has 0 unspecified atom stereocenters. The first-order chi connectivity index (χ1) is 15.1. The fourth-order valence-electron chi connectivity index (χ4n) is 3.16. The molecular weight excluding hydrogens is 434 g/mol. The van der Waals surface area contributed by atoms with Crippen LogP contribution in [0.15, 0.2) is 47.4 Å². The van der Waals surface area contributed by atoms with E-state index in [1.54, 1.807) is 24.3 Å². The van der Waals surface area contributed by atoms with Gasteiger partial charge < -0.3 is 20.4 Å². The molecule has 0 fully saturated rings. The summed E-state index contributed by atoms with van der Waals surface area (Å²) in [5, 5.41) is 2.41. The highest BCUT2D eigenvalue weighted by molar-refractivity contribution is 7.89. The number of aromatic nitrogens is 2. The summed E-state index contributed by atoms with van der Waals surface area (Å²) >= 11 is 0. The topological polar surface area (TPSA) is 137 Å². The molecule has 0 spiro atoms. The number of carbonyl (C=O) groups excluding carboxylic acids is 2. The van der Waals surface area contributed by atoms with Gasteiger partial charge in [0.15, 0.2) is 0 Å². The molecule has 2 aromatic carbocycles. The largest absolute Gasteiger partial charge is 0.454 e. The van der Waals surface area contributed by atoms with Crippen LogP contribution in [0.2, 0.25) is 0 Å². The average molecular weight is 460 g/mol. The van der Waals surface area contributed by atoms with Crippen molar-refractivity contribution in [3.63, 3.8) is 0 Å². The predicted molar refractivity (Wildman–Crippen MR) is 120 cm³/mol. The summed E-state index contributed by atoms with van der Waals surface area (Å²) < 4.78 is 33.4. The standard InChI is InChI=1S/C21H25N5O5S/c1-4-11-26-18-10-9-16(32(29,30)25(2)3)12-17(18)24-19(26)13-31-20(27)14-5-7-15(8-6-14)23-21(22)28/h5-10,12H,4,11,13H2,1-3H3,(H3,22,23,28). The molecule has 32 heavy (non-hydrogen) atoms. The lowest BCUT2D eigenvalue weighted by molar-refractivity contribution is 0.0458. The molecule has 1 heterocycles. The average Bonchev–Trinajstić information content (AvgIpc) is 3.09. The van der Waals surface area contributed by atoms with Crippen molar-refractivity contribution < 1.29 is 22.7 Å². The summed E-state index contributed by atoms with van der Waals surface area (Å²) in [6.45, 7) is 2.56. The lowest BCUT2D eigenvalue weighted by atomic mass is 10.2. The van der Waals surface area contributed by atoms with Gasteiger partial charge in [0.05, 0.1) is 21.5 Å². The number of sulfonamides is 1. The second-order valence-electron chi connectivity index (χ2n) is 7.26. The summed E-state index contributed by atoms with van der Waals surface area (Å²) in [7, 11) is -0.655. The molecule has 0 aliphatic heterocycles. The third-order valence-corrected chi connectivity index (χ3v) is 6.56. The minimum Gasteiger partial charge on any atom is -0.454 e. The number of ether oxygens (including phenoxy) is 1. The number of urea groups is 1. The van der Waals surface area contributed by atoms with Gasteiger partial charge in [-0.05, 0) is 48.9 Å². The van der Waals surface area contributed by atoms with Gasteiger partial charge >= 0.3 is 12.0 Å². The number of carbonyl (C=O) groups is 2. The van der Waals surface area contributed by atoms with Crippen molar-refractivity contribution in [3.8, 4) is 0 Å². The number of rotatable bonds is 8. The van der Waals surface area contributed by atoms with Gasteiger partial charge in [0.25, 0.3) is 0 Å². The minimum absolute atomic E-state index is 0.0788. The van der Waals surface area contributed by atoms with E-state index in [0.717, 1.165) is 16.2 Å². The van der Waals surface area contributed by atoms with Crippen molar-refractivity contribution >= 4 is 38.7 Å². The monoisotopic (exact) mass is 459 g/mol. The molecule has 2 amide bonds. The fourth-order valence-corrected chi connectivity index (χ4v) is 4.08. The number of nitrogens with zero attached hydrogens (tertiary/aromatic N) is 3. The van der Waals surface area contributed by atoms with Gasteiger partial charge in [0.2, 0.25) is 10.0 Å². The zero-order valence-corrected chi connectivity index (χ0v) is 18.8. The molecule has 3 aromatic rings. The van der Waals surface area contributed by atoms with Crippen LogP contribution in [-0.4, -0.2) is 48.4 Å². The first-order valence-corrected chi connectivity index (χ1v) is 11.3. The third kappa shape index (κ3) is 4.89. The Morgan fingerprint density at radius 1 is 1.16 bits per heavy atom. The number of aryl methyl sites for hydroxylation is 1. The van der Waals surface area contributed by atoms with Gasteiger partial charge in [-0.25, -0.2) is 27.3 Å². The number of imidazole rings is 1. The highest BCUT2D eigenvalue weighted by Crippen LogP contribution is 2.23. The van der Waals surface area contributed by atoms with E-state index in [1.807, 2.05) is 11.5 Å². The molecule has 0 saturated carbocycles. The number of benzene rings is 2. The van der Waals surface area contributed by atoms with Crippen LogP contribution in [0.5, 0.6) is 0 Å². The molecule has 0 aliphatic carbocycles. The maximum Gasteiger partial charge on any atom is 0.338 e. The Labute approximate surface area is 186 Å². The van der Waals surface area contributed by atoms with E-state index >= 15 is 0 Å². The Hall–Kier alpha value is -3.44. The van der Waals surface area contributed by atoms with Crippen LogP contribution in [0, 0.1) is 0 Å². The van der Waals surface area contributed by atoms with Gasteiger partial charge in [-0.15, -0.1) is 0 Å². The van der Waals surface area contributed by atoms with E-state index in [0.29, 0.717) is 29.1 Å². The second kappa shape index (κ2) is 9.37. The first kappa shape index (κ1) is 23.2. The van der Waals surface area contributed by atoms with E-state index in [9.17, 15) is 18.0 Å². The molecule has 0 bridgehead atoms. The molecule has 0 saturated heterocycles. The van der Waals surface area contributed by atoms with E-state index in [2.05, 4.69) is 10.3 Å². The smallest absolute Gasteiger partial charge is 0.338 e. The van der Waals surface area contributed by atoms with Crippen LogP contribution in [-0.2, 0) is 27.9 Å². The summed E-state index contributed by atoms with van der Waals surface area (Å²) in [4.78, 5) is 28.0. The zero-order valence-electron chi connectivity index (χ0n) is 18.0. The van der Waals surface area contributed by atoms with Crippen LogP contribution >= 0.6 is 0 Å².